The first kappa shape index (κ1) is 23.6. The topological polar surface area (TPSA) is 110 Å². The number of hydrogen-bond acceptors (Lipinski definition) is 7. The normalized spacial score (nSPS) is 35.5. The zero-order chi connectivity index (χ0) is 25.7. The Balaban J connectivity index is 1.34. The summed E-state index contributed by atoms with van der Waals surface area (Å²) in [5.41, 5.74) is 1.63. The number of phenols is 1. The molecular formula is C29H35NO6. The van der Waals surface area contributed by atoms with Gasteiger partial charge < -0.3 is 29.5 Å². The number of aliphatic hydroxyl groups excluding tert-OH is 2. The summed E-state index contributed by atoms with van der Waals surface area (Å²) in [6.45, 7) is 8.09. The summed E-state index contributed by atoms with van der Waals surface area (Å²) in [5, 5.41) is 35.3. The molecule has 7 heteroatoms. The van der Waals surface area contributed by atoms with Crippen LogP contribution in [-0.2, 0) is 12.8 Å². The molecule has 0 bridgehead atoms. The van der Waals surface area contributed by atoms with Crippen LogP contribution in [0.3, 0.4) is 0 Å². The van der Waals surface area contributed by atoms with Crippen LogP contribution in [0, 0.1) is 0 Å². The number of phenolic OH excluding ortho intramolecular Hbond substituents is 1. The first-order valence-corrected chi connectivity index (χ1v) is 12.7. The van der Waals surface area contributed by atoms with Gasteiger partial charge in [0, 0.05) is 24.0 Å². The van der Waals surface area contributed by atoms with E-state index in [0.717, 1.165) is 40.8 Å². The summed E-state index contributed by atoms with van der Waals surface area (Å²) in [7, 11) is 1.62. The van der Waals surface area contributed by atoms with E-state index in [4.69, 9.17) is 14.2 Å². The second-order valence-corrected chi connectivity index (χ2v) is 11.9. The van der Waals surface area contributed by atoms with Crippen molar-refractivity contribution in [2.24, 2.45) is 0 Å². The monoisotopic (exact) mass is 493 g/mol. The van der Waals surface area contributed by atoms with E-state index in [-0.39, 0.29) is 11.4 Å². The Kier molecular flexibility index (Phi) is 4.86. The molecule has 0 amide bonds. The molecule has 5 atom stereocenters. The Morgan fingerprint density at radius 1 is 1.03 bits per heavy atom. The van der Waals surface area contributed by atoms with Crippen LogP contribution in [0.15, 0.2) is 24.3 Å². The number of rotatable bonds is 3. The molecule has 1 saturated carbocycles. The number of aromatic hydroxyl groups is 1. The number of benzene rings is 2. The number of nitrogens with one attached hydrogen (secondary N) is 1. The van der Waals surface area contributed by atoms with Crippen LogP contribution >= 0.6 is 0 Å². The van der Waals surface area contributed by atoms with Gasteiger partial charge in [0.2, 0.25) is 0 Å². The van der Waals surface area contributed by atoms with E-state index < -0.39 is 28.9 Å². The van der Waals surface area contributed by atoms with Gasteiger partial charge in [-0.2, -0.15) is 0 Å². The molecule has 2 aromatic carbocycles. The lowest BCUT2D eigenvalue weighted by atomic mass is 9.64. The summed E-state index contributed by atoms with van der Waals surface area (Å²) in [6, 6.07) is 7.76. The van der Waals surface area contributed by atoms with Crippen molar-refractivity contribution in [3.8, 4) is 23.0 Å². The molecule has 1 aliphatic carbocycles. The van der Waals surface area contributed by atoms with E-state index in [1.54, 1.807) is 13.2 Å². The third-order valence-corrected chi connectivity index (χ3v) is 8.95. The number of fused-ring (bicyclic) bond motifs is 2. The van der Waals surface area contributed by atoms with Crippen LogP contribution in [-0.4, -0.2) is 56.9 Å². The maximum atomic E-state index is 10.7. The smallest absolute Gasteiger partial charge is 0.165 e. The molecule has 4 aliphatic rings. The van der Waals surface area contributed by atoms with Gasteiger partial charge in [-0.05, 0) is 75.9 Å². The van der Waals surface area contributed by atoms with Gasteiger partial charge >= 0.3 is 0 Å². The number of methoxy groups -OCH3 is 1. The van der Waals surface area contributed by atoms with Crippen molar-refractivity contribution in [2.75, 3.05) is 7.11 Å². The molecule has 1 saturated heterocycles. The van der Waals surface area contributed by atoms with Crippen molar-refractivity contribution in [2.45, 2.75) is 87.9 Å². The second kappa shape index (κ2) is 7.40. The van der Waals surface area contributed by atoms with Crippen LogP contribution in [0.1, 0.15) is 62.8 Å². The van der Waals surface area contributed by atoms with Gasteiger partial charge in [-0.3, -0.25) is 5.32 Å². The molecule has 36 heavy (non-hydrogen) atoms. The lowest BCUT2D eigenvalue weighted by molar-refractivity contribution is -0.106. The average Bonchev–Trinajstić information content (AvgIpc) is 3.43. The molecule has 0 aromatic heterocycles. The van der Waals surface area contributed by atoms with Crippen molar-refractivity contribution in [3.63, 3.8) is 0 Å². The van der Waals surface area contributed by atoms with E-state index >= 15 is 0 Å². The number of ether oxygens (including phenoxy) is 3. The van der Waals surface area contributed by atoms with Gasteiger partial charge in [-0.15, -0.1) is 0 Å². The summed E-state index contributed by atoms with van der Waals surface area (Å²) in [6.07, 6.45) is 4.87. The molecule has 1 unspecified atom stereocenters. The third kappa shape index (κ3) is 3.22. The van der Waals surface area contributed by atoms with Crippen LogP contribution in [0.4, 0.5) is 0 Å². The summed E-state index contributed by atoms with van der Waals surface area (Å²) in [4.78, 5) is 0. The highest BCUT2D eigenvalue weighted by Crippen LogP contribution is 2.61. The number of hydrogen-bond donors (Lipinski definition) is 4. The maximum absolute atomic E-state index is 10.7. The Morgan fingerprint density at radius 2 is 1.75 bits per heavy atom. The predicted octanol–water partition coefficient (Wildman–Crippen LogP) is 3.59. The predicted molar refractivity (Wildman–Crippen MR) is 137 cm³/mol. The second-order valence-electron chi connectivity index (χ2n) is 11.9. The Morgan fingerprint density at radius 3 is 2.47 bits per heavy atom. The van der Waals surface area contributed by atoms with Gasteiger partial charge in [-0.1, -0.05) is 12.2 Å². The standard InChI is InChI=1S/C29H35NO6/c1-26(2)9-8-19-20(31)11-17(12-22(19)35-26)7-6-16-10-18-14-29-27(3,36-24(18)23(13-16)34-5)15-21(32)25(33)28(29,4)30-29/h6-7,10-13,21,25,30-33H,8-9,14-15H2,1-5H3/b7-6+/t21-,25-,27-,28?,29-/m1/s1. The zero-order valence-corrected chi connectivity index (χ0v) is 21.5. The lowest BCUT2D eigenvalue weighted by Crippen LogP contribution is -2.65. The first-order chi connectivity index (χ1) is 16.9. The van der Waals surface area contributed by atoms with E-state index in [9.17, 15) is 15.3 Å². The summed E-state index contributed by atoms with van der Waals surface area (Å²) >= 11 is 0. The van der Waals surface area contributed by atoms with Crippen molar-refractivity contribution in [3.05, 3.63) is 46.5 Å². The fourth-order valence-corrected chi connectivity index (χ4v) is 6.78. The minimum absolute atomic E-state index is 0.254. The first-order valence-electron chi connectivity index (χ1n) is 12.7. The van der Waals surface area contributed by atoms with Crippen molar-refractivity contribution in [1.29, 1.82) is 0 Å². The molecule has 2 aromatic rings. The van der Waals surface area contributed by atoms with E-state index in [1.807, 2.05) is 38.1 Å². The molecule has 6 rings (SSSR count). The van der Waals surface area contributed by atoms with Gasteiger partial charge in [0.05, 0.1) is 30.4 Å². The zero-order valence-electron chi connectivity index (χ0n) is 21.5. The lowest BCUT2D eigenvalue weighted by Gasteiger charge is -2.49. The van der Waals surface area contributed by atoms with Crippen LogP contribution in [0.25, 0.3) is 12.2 Å². The SMILES string of the molecule is COc1cc(/C=C/c2cc(O)c3c(c2)OC(C)(C)CC3)cc2c1O[C@]1(C)C[C@@H](O)[C@@H](O)C3(C)N[C@@]31C2. The van der Waals surface area contributed by atoms with Gasteiger partial charge in [0.1, 0.15) is 22.7 Å². The van der Waals surface area contributed by atoms with Crippen molar-refractivity contribution < 1.29 is 29.5 Å². The van der Waals surface area contributed by atoms with E-state index in [1.165, 1.54) is 0 Å². The Labute approximate surface area is 211 Å². The molecule has 0 radical (unpaired) electrons. The summed E-state index contributed by atoms with van der Waals surface area (Å²) < 4.78 is 18.4. The molecular weight excluding hydrogens is 458 g/mol. The number of aliphatic hydroxyl groups is 2. The molecule has 1 spiro atoms. The van der Waals surface area contributed by atoms with Crippen LogP contribution in [0.5, 0.6) is 23.0 Å². The van der Waals surface area contributed by atoms with Crippen LogP contribution in [0.2, 0.25) is 0 Å². The van der Waals surface area contributed by atoms with Crippen molar-refractivity contribution in [1.82, 2.24) is 5.32 Å². The quantitative estimate of drug-likeness (QED) is 0.382. The highest BCUT2D eigenvalue weighted by molar-refractivity contribution is 5.74. The molecule has 192 valence electrons. The Hall–Kier alpha value is -2.74. The van der Waals surface area contributed by atoms with Gasteiger partial charge in [0.15, 0.2) is 11.5 Å². The largest absolute Gasteiger partial charge is 0.508 e. The highest BCUT2D eigenvalue weighted by atomic mass is 16.5. The van der Waals surface area contributed by atoms with Gasteiger partial charge in [0.25, 0.3) is 0 Å². The minimum Gasteiger partial charge on any atom is -0.508 e. The molecule has 4 N–H and O–H groups in total. The summed E-state index contributed by atoms with van der Waals surface area (Å²) in [5.74, 6) is 2.31. The van der Waals surface area contributed by atoms with Crippen LogP contribution < -0.4 is 19.5 Å². The highest BCUT2D eigenvalue weighted by Gasteiger charge is 2.80. The fourth-order valence-electron chi connectivity index (χ4n) is 6.78. The molecule has 2 fully saturated rings. The third-order valence-electron chi connectivity index (χ3n) is 8.95. The van der Waals surface area contributed by atoms with E-state index in [2.05, 4.69) is 25.2 Å². The van der Waals surface area contributed by atoms with E-state index in [0.29, 0.717) is 24.3 Å². The molecule has 3 aliphatic heterocycles. The average molecular weight is 494 g/mol. The van der Waals surface area contributed by atoms with Gasteiger partial charge in [-0.25, -0.2) is 0 Å². The maximum Gasteiger partial charge on any atom is 0.165 e. The minimum atomic E-state index is -0.861. The van der Waals surface area contributed by atoms with Crippen molar-refractivity contribution >= 4 is 12.2 Å². The fraction of sp³-hybridized carbons (Fsp3) is 0.517. The molecule has 3 heterocycles. The molecule has 7 nitrogen and oxygen atoms in total. The Bertz CT molecular complexity index is 1290.